The molecule has 2 heterocycles. The van der Waals surface area contributed by atoms with Gasteiger partial charge in [0.25, 0.3) is 0 Å². The van der Waals surface area contributed by atoms with Crippen LogP contribution in [0.25, 0.3) is 11.0 Å². The summed E-state index contributed by atoms with van der Waals surface area (Å²) in [6.07, 6.45) is 8.13. The molecule has 2 fully saturated rings. The highest BCUT2D eigenvalue weighted by Gasteiger charge is 2.57. The van der Waals surface area contributed by atoms with Crippen LogP contribution in [-0.2, 0) is 28.4 Å². The molecule has 5 rings (SSSR count). The van der Waals surface area contributed by atoms with Crippen LogP contribution in [0.1, 0.15) is 64.0 Å². The normalized spacial score (nSPS) is 32.8. The predicted molar refractivity (Wildman–Crippen MR) is 118 cm³/mol. The van der Waals surface area contributed by atoms with Gasteiger partial charge in [-0.25, -0.2) is 4.98 Å². The summed E-state index contributed by atoms with van der Waals surface area (Å²) in [6, 6.07) is 4.91. The molecule has 0 spiro atoms. The van der Waals surface area contributed by atoms with Crippen LogP contribution in [0, 0.1) is 11.3 Å². The number of aryl methyl sites for hydroxylation is 1. The van der Waals surface area contributed by atoms with E-state index < -0.39 is 0 Å². The lowest BCUT2D eigenvalue weighted by molar-refractivity contribution is -0.150. The van der Waals surface area contributed by atoms with Crippen LogP contribution in [0.4, 0.5) is 0 Å². The second-order valence-corrected chi connectivity index (χ2v) is 10.6. The molecule has 0 N–H and O–H groups in total. The minimum atomic E-state index is 0.0279. The zero-order valence-electron chi connectivity index (χ0n) is 19.1. The van der Waals surface area contributed by atoms with Crippen LogP contribution < -0.4 is 0 Å². The van der Waals surface area contributed by atoms with Crippen molar-refractivity contribution in [2.75, 3.05) is 13.7 Å². The Labute approximate surface area is 179 Å². The highest BCUT2D eigenvalue weighted by atomic mass is 16.5. The number of ether oxygens (including phenoxy) is 1. The largest absolute Gasteiger partial charge is 0.381 e. The third kappa shape index (κ3) is 2.70. The Kier molecular flexibility index (Phi) is 4.55. The summed E-state index contributed by atoms with van der Waals surface area (Å²) in [4.78, 5) is 20.5. The molecular formula is C25H35N3O2. The zero-order valence-corrected chi connectivity index (χ0v) is 19.1. The molecule has 1 saturated carbocycles. The molecule has 0 unspecified atom stereocenters. The van der Waals surface area contributed by atoms with Crippen LogP contribution in [0.2, 0.25) is 0 Å². The lowest BCUT2D eigenvalue weighted by Crippen LogP contribution is -2.65. The van der Waals surface area contributed by atoms with Gasteiger partial charge in [-0.1, -0.05) is 20.8 Å². The number of amides is 1. The number of piperidine rings is 1. The zero-order chi connectivity index (χ0) is 21.3. The van der Waals surface area contributed by atoms with Gasteiger partial charge in [-0.3, -0.25) is 4.79 Å². The lowest BCUT2D eigenvalue weighted by Gasteiger charge is -2.61. The van der Waals surface area contributed by atoms with Gasteiger partial charge in [0.1, 0.15) is 0 Å². The summed E-state index contributed by atoms with van der Waals surface area (Å²) in [6.45, 7) is 8.04. The summed E-state index contributed by atoms with van der Waals surface area (Å²) in [5, 5.41) is 0. The molecule has 2 aliphatic carbocycles. The first kappa shape index (κ1) is 20.0. The van der Waals surface area contributed by atoms with Gasteiger partial charge in [-0.05, 0) is 67.2 Å². The monoisotopic (exact) mass is 409 g/mol. The van der Waals surface area contributed by atoms with Crippen molar-refractivity contribution >= 4 is 16.9 Å². The van der Waals surface area contributed by atoms with E-state index in [0.29, 0.717) is 12.0 Å². The van der Waals surface area contributed by atoms with Crippen molar-refractivity contribution in [2.24, 2.45) is 18.4 Å². The SMILES string of the molecule is COC1CCC(C(=O)N2CC[C@@]3(C)c4cc5ncn(C)c5cc4C[C@@H]2C3(C)C)CC1. The maximum Gasteiger partial charge on any atom is 0.225 e. The Hall–Kier alpha value is -1.88. The fourth-order valence-electron chi connectivity index (χ4n) is 6.58. The number of fused-ring (bicyclic) bond motifs is 5. The fraction of sp³-hybridized carbons (Fsp3) is 0.680. The van der Waals surface area contributed by atoms with Gasteiger partial charge >= 0.3 is 0 Å². The highest BCUT2D eigenvalue weighted by Crippen LogP contribution is 2.56. The Balaban J connectivity index is 1.50. The first-order valence-corrected chi connectivity index (χ1v) is 11.5. The van der Waals surface area contributed by atoms with Gasteiger partial charge in [-0.15, -0.1) is 0 Å². The topological polar surface area (TPSA) is 47.4 Å². The number of rotatable bonds is 2. The van der Waals surface area contributed by atoms with E-state index in [4.69, 9.17) is 4.74 Å². The molecule has 2 aromatic rings. The van der Waals surface area contributed by atoms with E-state index in [1.807, 2.05) is 6.33 Å². The van der Waals surface area contributed by atoms with E-state index in [1.54, 1.807) is 7.11 Å². The van der Waals surface area contributed by atoms with Crippen molar-refractivity contribution in [3.8, 4) is 0 Å². The number of benzene rings is 1. The maximum absolute atomic E-state index is 13.6. The van der Waals surface area contributed by atoms with Gasteiger partial charge in [-0.2, -0.15) is 0 Å². The van der Waals surface area contributed by atoms with E-state index in [0.717, 1.165) is 50.6 Å². The first-order valence-electron chi connectivity index (χ1n) is 11.5. The van der Waals surface area contributed by atoms with Gasteiger partial charge in [0, 0.05) is 38.1 Å². The van der Waals surface area contributed by atoms with Gasteiger partial charge in [0.05, 0.1) is 23.5 Å². The molecule has 2 bridgehead atoms. The quantitative estimate of drug-likeness (QED) is 0.746. The van der Waals surface area contributed by atoms with Crippen LogP contribution in [-0.4, -0.2) is 46.2 Å². The number of carbonyl (C=O) groups excluding carboxylic acids is 1. The second kappa shape index (κ2) is 6.81. The minimum absolute atomic E-state index is 0.0279. The van der Waals surface area contributed by atoms with Crippen LogP contribution in [0.5, 0.6) is 0 Å². The molecule has 1 aliphatic heterocycles. The van der Waals surface area contributed by atoms with E-state index in [-0.39, 0.29) is 22.8 Å². The number of imidazole rings is 1. The molecule has 30 heavy (non-hydrogen) atoms. The molecule has 162 valence electrons. The molecule has 1 amide bonds. The van der Waals surface area contributed by atoms with E-state index in [1.165, 1.54) is 16.6 Å². The molecule has 5 nitrogen and oxygen atoms in total. The number of carbonyl (C=O) groups is 1. The van der Waals surface area contributed by atoms with Gasteiger partial charge < -0.3 is 14.2 Å². The smallest absolute Gasteiger partial charge is 0.225 e. The van der Waals surface area contributed by atoms with Gasteiger partial charge in [0.2, 0.25) is 5.91 Å². The average molecular weight is 410 g/mol. The minimum Gasteiger partial charge on any atom is -0.381 e. The van der Waals surface area contributed by atoms with E-state index in [2.05, 4.69) is 54.4 Å². The standard InChI is InChI=1S/C25H35N3O2/c1-24(2)22-13-17-12-21-20(26-15-27(21)4)14-19(17)25(24,3)10-11-28(22)23(29)16-6-8-18(30-5)9-7-16/h12,14-16,18,22H,6-11,13H2,1-5H3/t16?,18?,22-,25+/m1/s1. The maximum atomic E-state index is 13.6. The lowest BCUT2D eigenvalue weighted by atomic mass is 9.51. The van der Waals surface area contributed by atoms with Crippen molar-refractivity contribution in [3.63, 3.8) is 0 Å². The number of hydrogen-bond acceptors (Lipinski definition) is 3. The number of likely N-dealkylation sites (tertiary alicyclic amines) is 1. The van der Waals surface area contributed by atoms with Crippen molar-refractivity contribution in [1.29, 1.82) is 0 Å². The fourth-order valence-corrected chi connectivity index (χ4v) is 6.58. The molecular weight excluding hydrogens is 374 g/mol. The predicted octanol–water partition coefficient (Wildman–Crippen LogP) is 4.22. The summed E-state index contributed by atoms with van der Waals surface area (Å²) < 4.78 is 7.62. The van der Waals surface area contributed by atoms with Crippen LogP contribution in [0.15, 0.2) is 18.5 Å². The highest BCUT2D eigenvalue weighted by molar-refractivity contribution is 5.81. The van der Waals surface area contributed by atoms with Crippen molar-refractivity contribution in [2.45, 2.75) is 76.9 Å². The van der Waals surface area contributed by atoms with Gasteiger partial charge in [0.15, 0.2) is 0 Å². The number of nitrogens with zero attached hydrogens (tertiary/aromatic N) is 3. The number of aromatic nitrogens is 2. The Bertz CT molecular complexity index is 986. The number of methoxy groups -OCH3 is 1. The van der Waals surface area contributed by atoms with Crippen molar-refractivity contribution in [1.82, 2.24) is 14.5 Å². The molecule has 5 heteroatoms. The molecule has 2 atom stereocenters. The third-order valence-electron chi connectivity index (χ3n) is 9.08. The van der Waals surface area contributed by atoms with Crippen molar-refractivity contribution < 1.29 is 9.53 Å². The van der Waals surface area contributed by atoms with Crippen molar-refractivity contribution in [3.05, 3.63) is 29.6 Å². The summed E-state index contributed by atoms with van der Waals surface area (Å²) in [5.74, 6) is 0.548. The third-order valence-corrected chi connectivity index (χ3v) is 9.08. The molecule has 0 radical (unpaired) electrons. The molecule has 1 saturated heterocycles. The number of hydrogen-bond donors (Lipinski definition) is 0. The molecule has 1 aromatic heterocycles. The summed E-state index contributed by atoms with van der Waals surface area (Å²) >= 11 is 0. The Morgan fingerprint density at radius 2 is 1.90 bits per heavy atom. The van der Waals surface area contributed by atoms with E-state index in [9.17, 15) is 4.79 Å². The molecule has 3 aliphatic rings. The first-order chi connectivity index (χ1) is 14.3. The summed E-state index contributed by atoms with van der Waals surface area (Å²) in [7, 11) is 3.85. The average Bonchev–Trinajstić information content (AvgIpc) is 3.09. The molecule has 1 aromatic carbocycles. The van der Waals surface area contributed by atoms with E-state index >= 15 is 0 Å². The summed E-state index contributed by atoms with van der Waals surface area (Å²) in [5.41, 5.74) is 5.20. The van der Waals surface area contributed by atoms with Crippen LogP contribution >= 0.6 is 0 Å². The second-order valence-electron chi connectivity index (χ2n) is 10.6. The van der Waals surface area contributed by atoms with Crippen LogP contribution in [0.3, 0.4) is 0 Å². The Morgan fingerprint density at radius 3 is 2.60 bits per heavy atom. The Morgan fingerprint density at radius 1 is 1.17 bits per heavy atom.